The van der Waals surface area contributed by atoms with E-state index in [4.69, 9.17) is 5.73 Å². The SMILES string of the molecule is Nc1ccncc1C(=O)c1ccc2c(c1)CCCN2. The average Bonchev–Trinajstić information content (AvgIpc) is 2.46. The van der Waals surface area contributed by atoms with Crippen LogP contribution in [0.1, 0.15) is 27.9 Å². The van der Waals surface area contributed by atoms with Crippen molar-refractivity contribution in [1.29, 1.82) is 0 Å². The number of carbonyl (C=O) groups excluding carboxylic acids is 1. The summed E-state index contributed by atoms with van der Waals surface area (Å²) >= 11 is 0. The molecule has 0 bridgehead atoms. The van der Waals surface area contributed by atoms with Gasteiger partial charge in [0.25, 0.3) is 0 Å². The zero-order valence-electron chi connectivity index (χ0n) is 10.5. The molecule has 1 aromatic heterocycles. The number of hydrogen-bond donors (Lipinski definition) is 2. The molecule has 0 atom stereocenters. The molecule has 0 spiro atoms. The van der Waals surface area contributed by atoms with E-state index < -0.39 is 0 Å². The fourth-order valence-corrected chi connectivity index (χ4v) is 2.37. The maximum atomic E-state index is 12.4. The number of carbonyl (C=O) groups is 1. The molecule has 4 nitrogen and oxygen atoms in total. The number of nitrogens with two attached hydrogens (primary N) is 1. The van der Waals surface area contributed by atoms with Crippen molar-refractivity contribution < 1.29 is 4.79 Å². The molecule has 4 heteroatoms. The fraction of sp³-hybridized carbons (Fsp3) is 0.200. The van der Waals surface area contributed by atoms with Gasteiger partial charge in [0, 0.05) is 35.9 Å². The first-order valence-electron chi connectivity index (χ1n) is 6.37. The molecule has 96 valence electrons. The van der Waals surface area contributed by atoms with Crippen LogP contribution in [0.4, 0.5) is 11.4 Å². The Hall–Kier alpha value is -2.36. The summed E-state index contributed by atoms with van der Waals surface area (Å²) in [6, 6.07) is 7.41. The third kappa shape index (κ3) is 2.17. The Kier molecular flexibility index (Phi) is 2.91. The number of aryl methyl sites for hydroxylation is 1. The summed E-state index contributed by atoms with van der Waals surface area (Å²) in [5.74, 6) is -0.0704. The molecule has 0 aliphatic carbocycles. The highest BCUT2D eigenvalue weighted by atomic mass is 16.1. The van der Waals surface area contributed by atoms with Gasteiger partial charge in [0.1, 0.15) is 0 Å². The van der Waals surface area contributed by atoms with Gasteiger partial charge in [0.15, 0.2) is 5.78 Å². The van der Waals surface area contributed by atoms with Gasteiger partial charge in [-0.05, 0) is 42.7 Å². The Morgan fingerprint density at radius 1 is 1.32 bits per heavy atom. The van der Waals surface area contributed by atoms with Crippen LogP contribution in [0.2, 0.25) is 0 Å². The van der Waals surface area contributed by atoms with Crippen molar-refractivity contribution in [1.82, 2.24) is 4.98 Å². The maximum absolute atomic E-state index is 12.4. The molecule has 0 saturated heterocycles. The van der Waals surface area contributed by atoms with Crippen molar-refractivity contribution in [2.45, 2.75) is 12.8 Å². The van der Waals surface area contributed by atoms with Crippen molar-refractivity contribution in [3.63, 3.8) is 0 Å². The minimum Gasteiger partial charge on any atom is -0.398 e. The predicted octanol–water partition coefficient (Wildman–Crippen LogP) is 2.25. The number of hydrogen-bond acceptors (Lipinski definition) is 4. The van der Waals surface area contributed by atoms with Gasteiger partial charge >= 0.3 is 0 Å². The van der Waals surface area contributed by atoms with Crippen LogP contribution in [0.25, 0.3) is 0 Å². The van der Waals surface area contributed by atoms with Crippen LogP contribution in [0.5, 0.6) is 0 Å². The number of rotatable bonds is 2. The third-order valence-corrected chi connectivity index (χ3v) is 3.41. The molecule has 0 saturated carbocycles. The molecule has 2 heterocycles. The lowest BCUT2D eigenvalue weighted by Gasteiger charge is -2.18. The van der Waals surface area contributed by atoms with Crippen molar-refractivity contribution in [2.24, 2.45) is 0 Å². The Morgan fingerprint density at radius 3 is 3.05 bits per heavy atom. The summed E-state index contributed by atoms with van der Waals surface area (Å²) in [4.78, 5) is 16.4. The molecule has 19 heavy (non-hydrogen) atoms. The number of aromatic nitrogens is 1. The zero-order valence-corrected chi connectivity index (χ0v) is 10.5. The van der Waals surface area contributed by atoms with Crippen molar-refractivity contribution in [3.05, 3.63) is 53.3 Å². The molecule has 0 fully saturated rings. The Balaban J connectivity index is 1.98. The molecule has 3 N–H and O–H groups in total. The number of nitrogens with one attached hydrogen (secondary N) is 1. The van der Waals surface area contributed by atoms with Gasteiger partial charge in [-0.1, -0.05) is 0 Å². The molecule has 2 aromatic rings. The topological polar surface area (TPSA) is 68.0 Å². The molecule has 3 rings (SSSR count). The summed E-state index contributed by atoms with van der Waals surface area (Å²) in [6.45, 7) is 0.996. The first-order chi connectivity index (χ1) is 9.25. The highest BCUT2D eigenvalue weighted by molar-refractivity contribution is 6.12. The van der Waals surface area contributed by atoms with Crippen LogP contribution in [-0.4, -0.2) is 17.3 Å². The summed E-state index contributed by atoms with van der Waals surface area (Å²) in [5, 5.41) is 3.33. The highest BCUT2D eigenvalue weighted by Crippen LogP contribution is 2.24. The normalized spacial score (nSPS) is 13.5. The number of benzene rings is 1. The van der Waals surface area contributed by atoms with Crippen molar-refractivity contribution in [2.75, 3.05) is 17.6 Å². The van der Waals surface area contributed by atoms with Gasteiger partial charge in [-0.3, -0.25) is 9.78 Å². The molecular weight excluding hydrogens is 238 g/mol. The van der Waals surface area contributed by atoms with E-state index in [1.807, 2.05) is 18.2 Å². The maximum Gasteiger partial charge on any atom is 0.196 e. The van der Waals surface area contributed by atoms with Gasteiger partial charge in [-0.25, -0.2) is 0 Å². The van der Waals surface area contributed by atoms with E-state index in [0.29, 0.717) is 16.8 Å². The van der Waals surface area contributed by atoms with Crippen LogP contribution in [-0.2, 0) is 6.42 Å². The quantitative estimate of drug-likeness (QED) is 0.805. The first kappa shape index (κ1) is 11.7. The Labute approximate surface area is 111 Å². The van der Waals surface area contributed by atoms with E-state index >= 15 is 0 Å². The van der Waals surface area contributed by atoms with Gasteiger partial charge < -0.3 is 11.1 Å². The van der Waals surface area contributed by atoms with Gasteiger partial charge in [-0.15, -0.1) is 0 Å². The van der Waals surface area contributed by atoms with E-state index in [2.05, 4.69) is 10.3 Å². The van der Waals surface area contributed by atoms with Gasteiger partial charge in [-0.2, -0.15) is 0 Å². The van der Waals surface area contributed by atoms with E-state index in [-0.39, 0.29) is 5.78 Å². The average molecular weight is 253 g/mol. The van der Waals surface area contributed by atoms with Gasteiger partial charge in [0.2, 0.25) is 0 Å². The molecule has 0 radical (unpaired) electrons. The predicted molar refractivity (Wildman–Crippen MR) is 75.3 cm³/mol. The lowest BCUT2D eigenvalue weighted by Crippen LogP contribution is -2.13. The Bertz CT molecular complexity index is 637. The number of fused-ring (bicyclic) bond motifs is 1. The molecule has 1 aromatic carbocycles. The van der Waals surface area contributed by atoms with Crippen molar-refractivity contribution >= 4 is 17.2 Å². The van der Waals surface area contributed by atoms with E-state index in [1.54, 1.807) is 12.3 Å². The van der Waals surface area contributed by atoms with Gasteiger partial charge in [0.05, 0.1) is 5.56 Å². The molecular formula is C15H15N3O. The largest absolute Gasteiger partial charge is 0.398 e. The third-order valence-electron chi connectivity index (χ3n) is 3.41. The second kappa shape index (κ2) is 4.72. The molecule has 1 aliphatic rings. The second-order valence-corrected chi connectivity index (χ2v) is 4.69. The second-order valence-electron chi connectivity index (χ2n) is 4.69. The summed E-state index contributed by atoms with van der Waals surface area (Å²) in [6.07, 6.45) is 5.21. The summed E-state index contributed by atoms with van der Waals surface area (Å²) < 4.78 is 0. The van der Waals surface area contributed by atoms with Crippen molar-refractivity contribution in [3.8, 4) is 0 Å². The standard InChI is InChI=1S/C15H15N3O/c16-13-5-7-17-9-12(13)15(19)11-3-4-14-10(8-11)2-1-6-18-14/h3-5,7-9,18H,1-2,6H2,(H2,16,17). The fourth-order valence-electron chi connectivity index (χ4n) is 2.37. The van der Waals surface area contributed by atoms with E-state index in [0.717, 1.165) is 25.1 Å². The van der Waals surface area contributed by atoms with Crippen LogP contribution in [0.15, 0.2) is 36.7 Å². The van der Waals surface area contributed by atoms with Crippen LogP contribution >= 0.6 is 0 Å². The minimum absolute atomic E-state index is 0.0704. The number of nitrogens with zero attached hydrogens (tertiary/aromatic N) is 1. The number of ketones is 1. The van der Waals surface area contributed by atoms with E-state index in [9.17, 15) is 4.79 Å². The zero-order chi connectivity index (χ0) is 13.2. The lowest BCUT2D eigenvalue weighted by atomic mass is 9.97. The van der Waals surface area contributed by atoms with E-state index in [1.165, 1.54) is 11.8 Å². The monoisotopic (exact) mass is 253 g/mol. The van der Waals surface area contributed by atoms with Crippen LogP contribution in [0, 0.1) is 0 Å². The van der Waals surface area contributed by atoms with Crippen LogP contribution < -0.4 is 11.1 Å². The molecule has 0 unspecified atom stereocenters. The molecule has 1 aliphatic heterocycles. The summed E-state index contributed by atoms with van der Waals surface area (Å²) in [5.41, 5.74) is 9.75. The Morgan fingerprint density at radius 2 is 2.21 bits per heavy atom. The first-order valence-corrected chi connectivity index (χ1v) is 6.37. The smallest absolute Gasteiger partial charge is 0.196 e. The number of pyridine rings is 1. The highest BCUT2D eigenvalue weighted by Gasteiger charge is 2.15. The number of nitrogen functional groups attached to an aromatic ring is 1. The van der Waals surface area contributed by atoms with Crippen LogP contribution in [0.3, 0.4) is 0 Å². The summed E-state index contributed by atoms with van der Waals surface area (Å²) in [7, 11) is 0. The molecule has 0 amide bonds. The number of anilines is 2. The lowest BCUT2D eigenvalue weighted by molar-refractivity contribution is 0.103. The minimum atomic E-state index is -0.0704.